The lowest BCUT2D eigenvalue weighted by Crippen LogP contribution is -2.83. The summed E-state index contributed by atoms with van der Waals surface area (Å²) in [4.78, 5) is 0. The highest BCUT2D eigenvalue weighted by atomic mass is 32.1. The van der Waals surface area contributed by atoms with Crippen molar-refractivity contribution in [3.05, 3.63) is 58.0 Å². The number of hydrogen-bond acceptors (Lipinski definition) is 1. The van der Waals surface area contributed by atoms with E-state index in [0.29, 0.717) is 0 Å². The van der Waals surface area contributed by atoms with E-state index in [-0.39, 0.29) is 5.82 Å². The Balaban J connectivity index is 1.74. The van der Waals surface area contributed by atoms with Gasteiger partial charge in [-0.05, 0) is 28.5 Å². The number of nitrogens with two attached hydrogens (primary N) is 1. The average molecular weight is 236 g/mol. The quantitative estimate of drug-likeness (QED) is 0.766. The smallest absolute Gasteiger partial charge is 0.126 e. The molecule has 1 aromatic heterocycles. The number of rotatable bonds is 5. The average Bonchev–Trinajstić information content (AvgIpc) is 2.79. The minimum absolute atomic E-state index is 0.0913. The first-order valence-corrected chi connectivity index (χ1v) is 6.36. The summed E-state index contributed by atoms with van der Waals surface area (Å²) in [6.07, 6.45) is 0.789. The van der Waals surface area contributed by atoms with E-state index in [4.69, 9.17) is 0 Å². The summed E-state index contributed by atoms with van der Waals surface area (Å²) < 4.78 is 13.3. The lowest BCUT2D eigenvalue weighted by Gasteiger charge is -2.02. The molecule has 0 unspecified atom stereocenters. The van der Waals surface area contributed by atoms with Gasteiger partial charge in [-0.3, -0.25) is 0 Å². The summed E-state index contributed by atoms with van der Waals surface area (Å²) in [6, 6.07) is 9.12. The van der Waals surface area contributed by atoms with Crippen molar-refractivity contribution in [1.29, 1.82) is 0 Å². The first kappa shape index (κ1) is 11.3. The Morgan fingerprint density at radius 2 is 2.06 bits per heavy atom. The molecule has 16 heavy (non-hydrogen) atoms. The number of quaternary nitrogens is 1. The Kier molecular flexibility index (Phi) is 4.08. The summed E-state index contributed by atoms with van der Waals surface area (Å²) in [5.74, 6) is -0.0913. The lowest BCUT2D eigenvalue weighted by molar-refractivity contribution is -0.670. The molecule has 2 aromatic rings. The Labute approximate surface area is 98.9 Å². The fourth-order valence-electron chi connectivity index (χ4n) is 1.64. The topological polar surface area (TPSA) is 16.6 Å². The molecule has 2 rings (SSSR count). The number of thiophene rings is 1. The van der Waals surface area contributed by atoms with Crippen LogP contribution in [0.15, 0.2) is 41.1 Å². The van der Waals surface area contributed by atoms with Gasteiger partial charge in [0.2, 0.25) is 0 Å². The van der Waals surface area contributed by atoms with Crippen LogP contribution in [0.25, 0.3) is 0 Å². The third kappa shape index (κ3) is 3.15. The maximum absolute atomic E-state index is 13.3. The van der Waals surface area contributed by atoms with Gasteiger partial charge >= 0.3 is 0 Å². The molecular weight excluding hydrogens is 221 g/mol. The van der Waals surface area contributed by atoms with Crippen molar-refractivity contribution in [3.63, 3.8) is 0 Å². The van der Waals surface area contributed by atoms with Crippen LogP contribution in [0.5, 0.6) is 0 Å². The second-order valence-corrected chi connectivity index (χ2v) is 4.53. The van der Waals surface area contributed by atoms with E-state index in [1.54, 1.807) is 17.4 Å². The molecule has 0 aliphatic rings. The van der Waals surface area contributed by atoms with Crippen molar-refractivity contribution in [2.75, 3.05) is 6.54 Å². The Bertz CT molecular complexity index is 425. The van der Waals surface area contributed by atoms with Gasteiger partial charge in [-0.2, -0.15) is 11.3 Å². The first-order chi connectivity index (χ1) is 7.86. The van der Waals surface area contributed by atoms with Crippen molar-refractivity contribution in [3.8, 4) is 0 Å². The van der Waals surface area contributed by atoms with Crippen LogP contribution in [0.2, 0.25) is 0 Å². The molecule has 2 N–H and O–H groups in total. The van der Waals surface area contributed by atoms with Crippen LogP contribution in [-0.2, 0) is 13.0 Å². The minimum Gasteiger partial charge on any atom is -0.342 e. The molecule has 0 spiro atoms. The third-order valence-corrected chi connectivity index (χ3v) is 3.27. The zero-order valence-electron chi connectivity index (χ0n) is 9.03. The van der Waals surface area contributed by atoms with Crippen LogP contribution in [0, 0.1) is 5.82 Å². The van der Waals surface area contributed by atoms with E-state index in [9.17, 15) is 4.39 Å². The molecule has 0 amide bonds. The van der Waals surface area contributed by atoms with Crippen molar-refractivity contribution in [1.82, 2.24) is 0 Å². The van der Waals surface area contributed by atoms with Gasteiger partial charge in [0.15, 0.2) is 0 Å². The molecule has 1 aromatic carbocycles. The largest absolute Gasteiger partial charge is 0.342 e. The third-order valence-electron chi connectivity index (χ3n) is 2.54. The van der Waals surface area contributed by atoms with E-state index in [1.807, 2.05) is 12.1 Å². The fourth-order valence-corrected chi connectivity index (χ4v) is 2.32. The zero-order valence-corrected chi connectivity index (χ0v) is 9.84. The van der Waals surface area contributed by atoms with Crippen LogP contribution in [0.4, 0.5) is 4.39 Å². The highest BCUT2D eigenvalue weighted by molar-refractivity contribution is 7.07. The van der Waals surface area contributed by atoms with Crippen molar-refractivity contribution >= 4 is 11.3 Å². The van der Waals surface area contributed by atoms with Crippen molar-refractivity contribution in [2.45, 2.75) is 13.0 Å². The Hall–Kier alpha value is -1.19. The van der Waals surface area contributed by atoms with Crippen molar-refractivity contribution in [2.24, 2.45) is 0 Å². The monoisotopic (exact) mass is 236 g/mol. The van der Waals surface area contributed by atoms with Gasteiger partial charge in [0.05, 0.1) is 6.54 Å². The molecule has 1 heterocycles. The minimum atomic E-state index is -0.0913. The van der Waals surface area contributed by atoms with Gasteiger partial charge in [0.25, 0.3) is 0 Å². The lowest BCUT2D eigenvalue weighted by atomic mass is 10.1. The van der Waals surface area contributed by atoms with Crippen molar-refractivity contribution < 1.29 is 9.71 Å². The van der Waals surface area contributed by atoms with E-state index >= 15 is 0 Å². The Morgan fingerprint density at radius 3 is 2.81 bits per heavy atom. The molecule has 3 heteroatoms. The van der Waals surface area contributed by atoms with Crippen LogP contribution in [0.3, 0.4) is 0 Å². The predicted octanol–water partition coefficient (Wildman–Crippen LogP) is 2.19. The zero-order chi connectivity index (χ0) is 11.2. The second-order valence-electron chi connectivity index (χ2n) is 3.75. The second kappa shape index (κ2) is 5.77. The van der Waals surface area contributed by atoms with E-state index in [2.05, 4.69) is 22.1 Å². The van der Waals surface area contributed by atoms with Crippen LogP contribution >= 0.6 is 11.3 Å². The molecule has 0 fully saturated rings. The molecular formula is C13H15FNS+. The summed E-state index contributed by atoms with van der Waals surface area (Å²) in [5, 5.41) is 6.45. The van der Waals surface area contributed by atoms with Gasteiger partial charge in [-0.25, -0.2) is 4.39 Å². The number of benzene rings is 1. The fraction of sp³-hybridized carbons (Fsp3) is 0.231. The summed E-state index contributed by atoms with van der Waals surface area (Å²) in [7, 11) is 0. The number of halogens is 1. The molecule has 0 aliphatic heterocycles. The molecule has 0 radical (unpaired) electrons. The van der Waals surface area contributed by atoms with Crippen LogP contribution in [0.1, 0.15) is 11.1 Å². The molecule has 0 atom stereocenters. The van der Waals surface area contributed by atoms with Gasteiger partial charge in [-0.15, -0.1) is 0 Å². The van der Waals surface area contributed by atoms with E-state index < -0.39 is 0 Å². The highest BCUT2D eigenvalue weighted by Crippen LogP contribution is 2.06. The Morgan fingerprint density at radius 1 is 1.19 bits per heavy atom. The molecule has 0 bridgehead atoms. The van der Waals surface area contributed by atoms with Gasteiger partial charge < -0.3 is 5.32 Å². The number of hydrogen-bond donors (Lipinski definition) is 1. The molecule has 84 valence electrons. The molecule has 0 aliphatic carbocycles. The summed E-state index contributed by atoms with van der Waals surface area (Å²) >= 11 is 1.72. The standard InChI is InChI=1S/C13H14FNS/c14-13-4-2-1-3-12(13)5-7-15-9-11-6-8-16-10-11/h1-4,6,8,10,15H,5,7,9H2/p+1. The highest BCUT2D eigenvalue weighted by Gasteiger charge is 2.01. The van der Waals surface area contributed by atoms with E-state index in [1.165, 1.54) is 11.6 Å². The summed E-state index contributed by atoms with van der Waals surface area (Å²) in [6.45, 7) is 1.91. The van der Waals surface area contributed by atoms with E-state index in [0.717, 1.165) is 25.1 Å². The normalized spacial score (nSPS) is 10.6. The van der Waals surface area contributed by atoms with Crippen LogP contribution < -0.4 is 5.32 Å². The molecule has 0 saturated heterocycles. The maximum Gasteiger partial charge on any atom is 0.126 e. The van der Waals surface area contributed by atoms with Gasteiger partial charge in [-0.1, -0.05) is 18.2 Å². The van der Waals surface area contributed by atoms with Gasteiger partial charge in [0, 0.05) is 12.0 Å². The first-order valence-electron chi connectivity index (χ1n) is 5.42. The SMILES string of the molecule is Fc1ccccc1CC[NH2+]Cc1ccsc1. The summed E-state index contributed by atoms with van der Waals surface area (Å²) in [5.41, 5.74) is 2.16. The van der Waals surface area contributed by atoms with Crippen LogP contribution in [-0.4, -0.2) is 6.54 Å². The predicted molar refractivity (Wildman–Crippen MR) is 64.9 cm³/mol. The van der Waals surface area contributed by atoms with Gasteiger partial charge in [0.1, 0.15) is 12.4 Å². The molecule has 0 saturated carbocycles. The maximum atomic E-state index is 13.3. The molecule has 1 nitrogen and oxygen atoms in total.